The Morgan fingerprint density at radius 1 is 1.52 bits per heavy atom. The van der Waals surface area contributed by atoms with Crippen molar-refractivity contribution in [1.29, 1.82) is 0 Å². The molecule has 0 aliphatic carbocycles. The van der Waals surface area contributed by atoms with E-state index in [1.54, 1.807) is 33.8 Å². The van der Waals surface area contributed by atoms with Crippen molar-refractivity contribution in [2.24, 2.45) is 0 Å². The zero-order chi connectivity index (χ0) is 16.4. The van der Waals surface area contributed by atoms with E-state index in [1.165, 1.54) is 4.90 Å². The average Bonchev–Trinajstić information content (AvgIpc) is 2.62. The van der Waals surface area contributed by atoms with Crippen molar-refractivity contribution in [2.45, 2.75) is 39.3 Å². The van der Waals surface area contributed by atoms with E-state index in [0.29, 0.717) is 13.7 Å². The van der Waals surface area contributed by atoms with Crippen molar-refractivity contribution < 1.29 is 19.4 Å². The van der Waals surface area contributed by atoms with Gasteiger partial charge >= 0.3 is 12.1 Å². The number of carbonyl (C=O) groups excluding carboxylic acids is 1. The number of halogens is 2. The predicted octanol–water partition coefficient (Wildman–Crippen LogP) is 4.55. The molecule has 1 heterocycles. The van der Waals surface area contributed by atoms with Crippen LogP contribution < -0.4 is 0 Å². The van der Waals surface area contributed by atoms with E-state index in [0.717, 1.165) is 11.3 Å². The van der Waals surface area contributed by atoms with E-state index in [1.807, 2.05) is 0 Å². The lowest BCUT2D eigenvalue weighted by atomic mass is 10.2. The van der Waals surface area contributed by atoms with Crippen molar-refractivity contribution in [3.8, 4) is 0 Å². The lowest BCUT2D eigenvalue weighted by Crippen LogP contribution is -2.41. The summed E-state index contributed by atoms with van der Waals surface area (Å²) < 4.78 is 6.31. The molecule has 0 aromatic carbocycles. The first-order chi connectivity index (χ1) is 9.56. The Labute approximate surface area is 141 Å². The van der Waals surface area contributed by atoms with Crippen molar-refractivity contribution in [2.75, 3.05) is 6.54 Å². The molecule has 1 amide bonds. The molecule has 21 heavy (non-hydrogen) atoms. The van der Waals surface area contributed by atoms with Gasteiger partial charge in [0.25, 0.3) is 0 Å². The van der Waals surface area contributed by atoms with Crippen molar-refractivity contribution in [3.05, 3.63) is 19.8 Å². The van der Waals surface area contributed by atoms with Crippen molar-refractivity contribution in [1.82, 2.24) is 4.90 Å². The molecule has 0 saturated heterocycles. The van der Waals surface area contributed by atoms with Crippen LogP contribution in [0.4, 0.5) is 4.79 Å². The van der Waals surface area contributed by atoms with E-state index in [2.05, 4.69) is 15.9 Å². The zero-order valence-corrected chi connectivity index (χ0v) is 15.3. The highest BCUT2D eigenvalue weighted by Gasteiger charge is 2.34. The van der Waals surface area contributed by atoms with Gasteiger partial charge in [0.1, 0.15) is 9.94 Å². The summed E-state index contributed by atoms with van der Waals surface area (Å²) in [5.41, 5.74) is -0.693. The summed E-state index contributed by atoms with van der Waals surface area (Å²) in [4.78, 5) is 25.4. The first-order valence-corrected chi connectivity index (χ1v) is 8.22. The molecule has 1 aromatic rings. The minimum atomic E-state index is -1.13. The van der Waals surface area contributed by atoms with E-state index in [9.17, 15) is 14.7 Å². The summed E-state index contributed by atoms with van der Waals surface area (Å²) in [6, 6.07) is 0.484. The van der Waals surface area contributed by atoms with Crippen LogP contribution in [-0.4, -0.2) is 34.2 Å². The molecule has 0 spiro atoms. The maximum atomic E-state index is 12.2. The molecule has 118 valence electrons. The van der Waals surface area contributed by atoms with Gasteiger partial charge in [0.2, 0.25) is 0 Å². The van der Waals surface area contributed by atoms with Crippen molar-refractivity contribution in [3.63, 3.8) is 0 Å². The Hall–Kier alpha value is -0.790. The normalized spacial score (nSPS) is 12.9. The summed E-state index contributed by atoms with van der Waals surface area (Å²) in [6.45, 7) is 7.09. The second kappa shape index (κ2) is 6.98. The van der Waals surface area contributed by atoms with Crippen LogP contribution in [-0.2, 0) is 9.53 Å². The molecular formula is C13H17BrClNO4S. The largest absolute Gasteiger partial charge is 0.479 e. The summed E-state index contributed by atoms with van der Waals surface area (Å²) in [5, 5.41) is 9.47. The van der Waals surface area contributed by atoms with E-state index in [-0.39, 0.29) is 6.54 Å². The number of aliphatic carboxylic acids is 1. The molecule has 0 aliphatic rings. The second-order valence-corrected chi connectivity index (χ2v) is 7.82. The molecule has 1 aromatic heterocycles. The Morgan fingerprint density at radius 2 is 2.10 bits per heavy atom. The molecule has 0 saturated carbocycles. The minimum absolute atomic E-state index is 0.207. The number of ether oxygens (including phenoxy) is 1. The molecule has 0 bridgehead atoms. The molecular weight excluding hydrogens is 382 g/mol. The fraction of sp³-hybridized carbons (Fsp3) is 0.538. The number of thiophene rings is 1. The van der Waals surface area contributed by atoms with Crippen LogP contribution in [0.1, 0.15) is 38.6 Å². The van der Waals surface area contributed by atoms with Gasteiger partial charge in [-0.15, -0.1) is 11.3 Å². The number of nitrogens with zero attached hydrogens (tertiary/aromatic N) is 1. The van der Waals surface area contributed by atoms with Crippen LogP contribution in [0.15, 0.2) is 10.5 Å². The third kappa shape index (κ3) is 4.86. The van der Waals surface area contributed by atoms with Crippen LogP contribution >= 0.6 is 38.9 Å². The minimum Gasteiger partial charge on any atom is -0.479 e. The van der Waals surface area contributed by atoms with E-state index < -0.39 is 23.7 Å². The zero-order valence-electron chi connectivity index (χ0n) is 12.1. The Kier molecular flexibility index (Phi) is 6.07. The Bertz CT molecular complexity index is 521. The fourth-order valence-electron chi connectivity index (χ4n) is 1.64. The number of likely N-dealkylation sites (N-methyl/N-ethyl adjacent to an activating group) is 1. The number of carboxylic acids is 1. The molecule has 1 N–H and O–H groups in total. The van der Waals surface area contributed by atoms with Crippen molar-refractivity contribution >= 4 is 50.9 Å². The average molecular weight is 399 g/mol. The highest BCUT2D eigenvalue weighted by molar-refractivity contribution is 9.10. The van der Waals surface area contributed by atoms with Crippen LogP contribution in [0.5, 0.6) is 0 Å². The number of hydrogen-bond donors (Lipinski definition) is 1. The number of carboxylic acid groups (broad SMARTS) is 1. The summed E-state index contributed by atoms with van der Waals surface area (Å²) >= 11 is 10.3. The Balaban J connectivity index is 3.12. The van der Waals surface area contributed by atoms with Gasteiger partial charge in [0.15, 0.2) is 6.04 Å². The fourth-order valence-corrected chi connectivity index (χ4v) is 3.49. The molecule has 0 fully saturated rings. The molecule has 8 heteroatoms. The predicted molar refractivity (Wildman–Crippen MR) is 86.0 cm³/mol. The topological polar surface area (TPSA) is 66.8 Å². The summed E-state index contributed by atoms with van der Waals surface area (Å²) in [5.74, 6) is -1.13. The van der Waals surface area contributed by atoms with E-state index >= 15 is 0 Å². The van der Waals surface area contributed by atoms with E-state index in [4.69, 9.17) is 16.3 Å². The highest BCUT2D eigenvalue weighted by Crippen LogP contribution is 2.37. The Morgan fingerprint density at radius 3 is 2.43 bits per heavy atom. The smallest absolute Gasteiger partial charge is 0.411 e. The van der Waals surface area contributed by atoms with Crippen LogP contribution in [0.2, 0.25) is 4.34 Å². The molecule has 0 radical (unpaired) electrons. The summed E-state index contributed by atoms with van der Waals surface area (Å²) in [7, 11) is 0. The quantitative estimate of drug-likeness (QED) is 0.808. The van der Waals surface area contributed by atoms with Gasteiger partial charge in [0, 0.05) is 15.9 Å². The first-order valence-electron chi connectivity index (χ1n) is 6.24. The van der Waals surface area contributed by atoms with Gasteiger partial charge in [-0.05, 0) is 49.7 Å². The van der Waals surface area contributed by atoms with Crippen LogP contribution in [0, 0.1) is 0 Å². The number of amides is 1. The van der Waals surface area contributed by atoms with Crippen LogP contribution in [0.3, 0.4) is 0 Å². The number of rotatable bonds is 4. The molecule has 0 aliphatic heterocycles. The standard InChI is InChI=1S/C13H17BrClNO4S/c1-5-16(12(19)20-13(2,3)4)9(11(17)18)8-6-7(14)10(15)21-8/h6,9H,5H2,1-4H3,(H,17,18). The SMILES string of the molecule is CCN(C(=O)OC(C)(C)C)C(C(=O)O)c1cc(Br)c(Cl)s1. The van der Waals surface area contributed by atoms with Gasteiger partial charge in [-0.1, -0.05) is 11.6 Å². The first kappa shape index (κ1) is 18.3. The third-order valence-electron chi connectivity index (χ3n) is 2.45. The van der Waals surface area contributed by atoms with Gasteiger partial charge in [-0.2, -0.15) is 0 Å². The maximum absolute atomic E-state index is 12.2. The second-order valence-electron chi connectivity index (χ2n) is 5.28. The lowest BCUT2D eigenvalue weighted by molar-refractivity contribution is -0.143. The third-order valence-corrected chi connectivity index (χ3v) is 4.98. The van der Waals surface area contributed by atoms with Gasteiger partial charge in [0.05, 0.1) is 0 Å². The molecule has 5 nitrogen and oxygen atoms in total. The molecule has 1 unspecified atom stereocenters. The monoisotopic (exact) mass is 397 g/mol. The molecule has 1 atom stereocenters. The maximum Gasteiger partial charge on any atom is 0.411 e. The lowest BCUT2D eigenvalue weighted by Gasteiger charge is -2.30. The highest BCUT2D eigenvalue weighted by atomic mass is 79.9. The number of hydrogen-bond acceptors (Lipinski definition) is 4. The van der Waals surface area contributed by atoms with Gasteiger partial charge in [-0.25, -0.2) is 9.59 Å². The van der Waals surface area contributed by atoms with Crippen LogP contribution in [0.25, 0.3) is 0 Å². The number of carbonyl (C=O) groups is 2. The van der Waals surface area contributed by atoms with Gasteiger partial charge in [-0.3, -0.25) is 4.90 Å². The summed E-state index contributed by atoms with van der Waals surface area (Å²) in [6.07, 6.45) is -0.668. The van der Waals surface area contributed by atoms with Gasteiger partial charge < -0.3 is 9.84 Å². The molecule has 1 rings (SSSR count).